The molecule has 0 heterocycles. The van der Waals surface area contributed by atoms with Gasteiger partial charge < -0.3 is 5.32 Å². The van der Waals surface area contributed by atoms with Crippen molar-refractivity contribution in [2.24, 2.45) is 0 Å². The number of hydrogen-bond acceptors (Lipinski definition) is 3. The van der Waals surface area contributed by atoms with E-state index in [1.54, 1.807) is 13.0 Å². The molecule has 1 amide bonds. The average molecular weight is 304 g/mol. The largest absolute Gasteiger partial charge is 0.350 e. The van der Waals surface area contributed by atoms with Gasteiger partial charge in [0.1, 0.15) is 0 Å². The quantitative estimate of drug-likeness (QED) is 0.851. The van der Waals surface area contributed by atoms with Crippen molar-refractivity contribution in [1.82, 2.24) is 5.32 Å². The summed E-state index contributed by atoms with van der Waals surface area (Å²) in [5.41, 5.74) is 0.984. The monoisotopic (exact) mass is 303 g/mol. The highest BCUT2D eigenvalue weighted by Gasteiger charge is 2.15. The molecule has 0 radical (unpaired) electrons. The number of halogens is 1. The van der Waals surface area contributed by atoms with E-state index in [9.17, 15) is 13.2 Å². The molecule has 1 unspecified atom stereocenters. The normalized spacial score (nSPS) is 13.1. The first kappa shape index (κ1) is 16.0. The molecule has 0 aliphatic carbocycles. The van der Waals surface area contributed by atoms with Crippen LogP contribution in [0.1, 0.15) is 42.6 Å². The Balaban J connectivity index is 3.01. The summed E-state index contributed by atoms with van der Waals surface area (Å²) >= 11 is 0. The Kier molecular flexibility index (Phi) is 5.38. The lowest BCUT2D eigenvalue weighted by Crippen LogP contribution is -2.32. The first-order chi connectivity index (χ1) is 8.74. The fourth-order valence-corrected chi connectivity index (χ4v) is 2.69. The summed E-state index contributed by atoms with van der Waals surface area (Å²) < 4.78 is 22.6. The predicted octanol–water partition coefficient (Wildman–Crippen LogP) is 2.84. The van der Waals surface area contributed by atoms with Gasteiger partial charge in [-0.3, -0.25) is 4.79 Å². The molecule has 4 nitrogen and oxygen atoms in total. The van der Waals surface area contributed by atoms with Crippen LogP contribution in [-0.4, -0.2) is 20.4 Å². The molecule has 0 saturated heterocycles. The number of benzene rings is 1. The van der Waals surface area contributed by atoms with E-state index in [-0.39, 0.29) is 16.8 Å². The molecule has 0 bridgehead atoms. The zero-order valence-corrected chi connectivity index (χ0v) is 12.8. The highest BCUT2D eigenvalue weighted by molar-refractivity contribution is 8.13. The summed E-state index contributed by atoms with van der Waals surface area (Å²) in [6, 6.07) is 4.42. The van der Waals surface area contributed by atoms with Gasteiger partial charge in [0.05, 0.1) is 4.90 Å². The molecule has 1 aromatic rings. The van der Waals surface area contributed by atoms with Crippen molar-refractivity contribution in [3.8, 4) is 0 Å². The Bertz CT molecular complexity index is 569. The van der Waals surface area contributed by atoms with Crippen molar-refractivity contribution >= 4 is 25.6 Å². The number of hydrogen-bond donors (Lipinski definition) is 1. The van der Waals surface area contributed by atoms with Crippen molar-refractivity contribution in [2.75, 3.05) is 0 Å². The van der Waals surface area contributed by atoms with Crippen LogP contribution in [0.25, 0.3) is 0 Å². The minimum absolute atomic E-state index is 0.0501. The highest BCUT2D eigenvalue weighted by atomic mass is 35.7. The van der Waals surface area contributed by atoms with Crippen LogP contribution < -0.4 is 5.32 Å². The van der Waals surface area contributed by atoms with E-state index in [1.807, 2.05) is 13.8 Å². The summed E-state index contributed by atoms with van der Waals surface area (Å²) in [4.78, 5) is 12.0. The van der Waals surface area contributed by atoms with E-state index in [1.165, 1.54) is 12.1 Å². The van der Waals surface area contributed by atoms with Gasteiger partial charge in [0, 0.05) is 22.3 Å². The van der Waals surface area contributed by atoms with Crippen molar-refractivity contribution < 1.29 is 13.2 Å². The fourth-order valence-electron chi connectivity index (χ4n) is 1.83. The summed E-state index contributed by atoms with van der Waals surface area (Å²) in [6.07, 6.45) is 1.84. The number of carbonyl (C=O) groups is 1. The standard InChI is InChI=1S/C13H18ClNO3S/c1-4-5-10(3)15-13(16)11-6-9(2)7-12(8-11)19(14,17)18/h6-8,10H,4-5H2,1-3H3,(H,15,16). The summed E-state index contributed by atoms with van der Waals surface area (Å²) in [6.45, 7) is 5.67. The van der Waals surface area contributed by atoms with E-state index < -0.39 is 9.05 Å². The summed E-state index contributed by atoms with van der Waals surface area (Å²) in [5, 5.41) is 2.83. The average Bonchev–Trinajstić information content (AvgIpc) is 2.27. The fraction of sp³-hybridized carbons (Fsp3) is 0.462. The molecule has 1 rings (SSSR count). The second-order valence-electron chi connectivity index (χ2n) is 4.64. The van der Waals surface area contributed by atoms with Crippen LogP contribution in [0.2, 0.25) is 0 Å². The van der Waals surface area contributed by atoms with Crippen LogP contribution in [0.4, 0.5) is 0 Å². The molecule has 0 aliphatic rings. The molecule has 0 fully saturated rings. The maximum atomic E-state index is 12.0. The third-order valence-corrected chi connectivity index (χ3v) is 4.03. The number of amides is 1. The Morgan fingerprint density at radius 1 is 1.37 bits per heavy atom. The first-order valence-corrected chi connectivity index (χ1v) is 8.42. The number of aryl methyl sites for hydroxylation is 1. The maximum absolute atomic E-state index is 12.0. The van der Waals surface area contributed by atoms with Crippen LogP contribution in [0, 0.1) is 6.92 Å². The van der Waals surface area contributed by atoms with Crippen LogP contribution in [0.3, 0.4) is 0 Å². The lowest BCUT2D eigenvalue weighted by atomic mass is 10.1. The van der Waals surface area contributed by atoms with Gasteiger partial charge in [-0.05, 0) is 44.0 Å². The molecular formula is C13H18ClNO3S. The number of rotatable bonds is 5. The smallest absolute Gasteiger partial charge is 0.261 e. The Morgan fingerprint density at radius 3 is 2.53 bits per heavy atom. The van der Waals surface area contributed by atoms with Crippen LogP contribution in [0.15, 0.2) is 23.1 Å². The molecular weight excluding hydrogens is 286 g/mol. The SMILES string of the molecule is CCCC(C)NC(=O)c1cc(C)cc(S(=O)(=O)Cl)c1. The van der Waals surface area contributed by atoms with Crippen LogP contribution in [-0.2, 0) is 9.05 Å². The minimum atomic E-state index is -3.83. The van der Waals surface area contributed by atoms with E-state index in [0.717, 1.165) is 12.8 Å². The molecule has 6 heteroatoms. The van der Waals surface area contributed by atoms with Crippen molar-refractivity contribution in [1.29, 1.82) is 0 Å². The van der Waals surface area contributed by atoms with Gasteiger partial charge in [0.2, 0.25) is 0 Å². The molecule has 19 heavy (non-hydrogen) atoms. The van der Waals surface area contributed by atoms with Gasteiger partial charge in [-0.15, -0.1) is 0 Å². The molecule has 1 N–H and O–H groups in total. The molecule has 0 spiro atoms. The zero-order chi connectivity index (χ0) is 14.6. The lowest BCUT2D eigenvalue weighted by molar-refractivity contribution is 0.0938. The second kappa shape index (κ2) is 6.39. The summed E-state index contributed by atoms with van der Waals surface area (Å²) in [7, 11) is 1.48. The lowest BCUT2D eigenvalue weighted by Gasteiger charge is -2.13. The van der Waals surface area contributed by atoms with Crippen molar-refractivity contribution in [2.45, 2.75) is 44.6 Å². The number of carbonyl (C=O) groups excluding carboxylic acids is 1. The van der Waals surface area contributed by atoms with Gasteiger partial charge in [-0.2, -0.15) is 0 Å². The third-order valence-electron chi connectivity index (χ3n) is 2.69. The first-order valence-electron chi connectivity index (χ1n) is 6.11. The minimum Gasteiger partial charge on any atom is -0.350 e. The maximum Gasteiger partial charge on any atom is 0.261 e. The molecule has 1 atom stereocenters. The predicted molar refractivity (Wildman–Crippen MR) is 76.1 cm³/mol. The Hall–Kier alpha value is -1.07. The van der Waals surface area contributed by atoms with E-state index in [4.69, 9.17) is 10.7 Å². The zero-order valence-electron chi connectivity index (χ0n) is 11.2. The van der Waals surface area contributed by atoms with Gasteiger partial charge >= 0.3 is 0 Å². The molecule has 1 aromatic carbocycles. The second-order valence-corrected chi connectivity index (χ2v) is 7.20. The van der Waals surface area contributed by atoms with Crippen molar-refractivity contribution in [3.63, 3.8) is 0 Å². The van der Waals surface area contributed by atoms with Crippen molar-refractivity contribution in [3.05, 3.63) is 29.3 Å². The number of nitrogens with one attached hydrogen (secondary N) is 1. The van der Waals surface area contributed by atoms with E-state index in [0.29, 0.717) is 11.1 Å². The molecule has 0 aliphatic heterocycles. The highest BCUT2D eigenvalue weighted by Crippen LogP contribution is 2.19. The van der Waals surface area contributed by atoms with E-state index in [2.05, 4.69) is 5.32 Å². The topological polar surface area (TPSA) is 63.2 Å². The van der Waals surface area contributed by atoms with E-state index >= 15 is 0 Å². The molecule has 0 aromatic heterocycles. The van der Waals surface area contributed by atoms with Gasteiger partial charge in [-0.1, -0.05) is 13.3 Å². The Labute approximate surface area is 118 Å². The molecule has 0 saturated carbocycles. The van der Waals surface area contributed by atoms with Crippen LogP contribution >= 0.6 is 10.7 Å². The third kappa shape index (κ3) is 4.84. The van der Waals surface area contributed by atoms with Crippen LogP contribution in [0.5, 0.6) is 0 Å². The Morgan fingerprint density at radius 2 is 2.00 bits per heavy atom. The van der Waals surface area contributed by atoms with Gasteiger partial charge in [0.15, 0.2) is 0 Å². The van der Waals surface area contributed by atoms with Gasteiger partial charge in [-0.25, -0.2) is 8.42 Å². The van der Waals surface area contributed by atoms with Gasteiger partial charge in [0.25, 0.3) is 15.0 Å². The molecule has 106 valence electrons. The summed E-state index contributed by atoms with van der Waals surface area (Å²) in [5.74, 6) is -0.286.